The average molecular weight is 291 g/mol. The number of urea groups is 1. The van der Waals surface area contributed by atoms with Gasteiger partial charge in [0.1, 0.15) is 11.5 Å². The van der Waals surface area contributed by atoms with Gasteiger partial charge in [0.2, 0.25) is 0 Å². The van der Waals surface area contributed by atoms with Crippen molar-refractivity contribution in [3.63, 3.8) is 0 Å². The van der Waals surface area contributed by atoms with Gasteiger partial charge in [0.25, 0.3) is 0 Å². The Balaban J connectivity index is 1.82. The SMILES string of the molecule is COc1ccc([C@@H](O)CNC(=O)Nc2cc(C)on2)cc1. The zero-order chi connectivity index (χ0) is 15.2. The number of hydrogen-bond donors (Lipinski definition) is 3. The van der Waals surface area contributed by atoms with Crippen molar-refractivity contribution in [1.29, 1.82) is 0 Å². The van der Waals surface area contributed by atoms with E-state index >= 15 is 0 Å². The number of methoxy groups -OCH3 is 1. The molecule has 0 saturated heterocycles. The summed E-state index contributed by atoms with van der Waals surface area (Å²) in [5.74, 6) is 1.63. The molecule has 0 aliphatic carbocycles. The summed E-state index contributed by atoms with van der Waals surface area (Å²) in [7, 11) is 1.57. The molecule has 1 atom stereocenters. The van der Waals surface area contributed by atoms with E-state index in [4.69, 9.17) is 9.26 Å². The molecule has 0 saturated carbocycles. The lowest BCUT2D eigenvalue weighted by Gasteiger charge is -2.12. The number of hydrogen-bond acceptors (Lipinski definition) is 5. The lowest BCUT2D eigenvalue weighted by Crippen LogP contribution is -2.32. The van der Waals surface area contributed by atoms with E-state index in [9.17, 15) is 9.90 Å². The number of aliphatic hydroxyl groups excluding tert-OH is 1. The molecule has 7 heteroatoms. The summed E-state index contributed by atoms with van der Waals surface area (Å²) in [6.45, 7) is 1.80. The minimum atomic E-state index is -0.805. The number of aliphatic hydroxyl groups is 1. The van der Waals surface area contributed by atoms with Crippen molar-refractivity contribution in [3.8, 4) is 5.75 Å². The summed E-state index contributed by atoms with van der Waals surface area (Å²) in [6, 6.07) is 8.11. The quantitative estimate of drug-likeness (QED) is 0.781. The van der Waals surface area contributed by atoms with E-state index in [0.717, 1.165) is 0 Å². The summed E-state index contributed by atoms with van der Waals surface area (Å²) in [6.07, 6.45) is -0.805. The maximum atomic E-state index is 11.6. The van der Waals surface area contributed by atoms with Crippen LogP contribution in [0, 0.1) is 6.92 Å². The molecule has 1 aromatic carbocycles. The average Bonchev–Trinajstić information content (AvgIpc) is 2.90. The number of amides is 2. The highest BCUT2D eigenvalue weighted by Crippen LogP contribution is 2.17. The van der Waals surface area contributed by atoms with Crippen LogP contribution >= 0.6 is 0 Å². The van der Waals surface area contributed by atoms with Gasteiger partial charge in [-0.25, -0.2) is 4.79 Å². The van der Waals surface area contributed by atoms with Crippen LogP contribution in [0.3, 0.4) is 0 Å². The molecule has 112 valence electrons. The van der Waals surface area contributed by atoms with E-state index in [1.165, 1.54) is 0 Å². The fraction of sp³-hybridized carbons (Fsp3) is 0.286. The molecular formula is C14H17N3O4. The highest BCUT2D eigenvalue weighted by atomic mass is 16.5. The van der Waals surface area contributed by atoms with Crippen LogP contribution in [0.2, 0.25) is 0 Å². The zero-order valence-electron chi connectivity index (χ0n) is 11.8. The summed E-state index contributed by atoms with van der Waals surface area (Å²) >= 11 is 0. The molecule has 2 aromatic rings. The maximum absolute atomic E-state index is 11.6. The van der Waals surface area contributed by atoms with E-state index in [1.54, 1.807) is 44.4 Å². The van der Waals surface area contributed by atoms with Crippen molar-refractivity contribution in [2.45, 2.75) is 13.0 Å². The molecule has 0 radical (unpaired) electrons. The predicted molar refractivity (Wildman–Crippen MR) is 76.2 cm³/mol. The van der Waals surface area contributed by atoms with Crippen LogP contribution < -0.4 is 15.4 Å². The zero-order valence-corrected chi connectivity index (χ0v) is 11.8. The van der Waals surface area contributed by atoms with Crippen LogP contribution in [0.15, 0.2) is 34.9 Å². The highest BCUT2D eigenvalue weighted by molar-refractivity contribution is 5.88. The summed E-state index contributed by atoms with van der Waals surface area (Å²) in [4.78, 5) is 11.6. The Morgan fingerprint density at radius 1 is 1.43 bits per heavy atom. The second-order valence-electron chi connectivity index (χ2n) is 4.45. The summed E-state index contributed by atoms with van der Waals surface area (Å²) in [5, 5.41) is 18.7. The van der Waals surface area contributed by atoms with Gasteiger partial charge in [0.15, 0.2) is 5.82 Å². The molecule has 1 aromatic heterocycles. The van der Waals surface area contributed by atoms with Crippen molar-refractivity contribution in [2.24, 2.45) is 0 Å². The van der Waals surface area contributed by atoms with Crippen LogP contribution in [0.25, 0.3) is 0 Å². The first-order chi connectivity index (χ1) is 10.1. The molecule has 0 bridgehead atoms. The van der Waals surface area contributed by atoms with Gasteiger partial charge in [-0.05, 0) is 24.6 Å². The van der Waals surface area contributed by atoms with E-state index in [-0.39, 0.29) is 6.54 Å². The molecule has 21 heavy (non-hydrogen) atoms. The normalized spacial score (nSPS) is 11.8. The standard InChI is InChI=1S/C14H17N3O4/c1-9-7-13(17-21-9)16-14(19)15-8-12(18)10-3-5-11(20-2)6-4-10/h3-7,12,18H,8H2,1-2H3,(H2,15,16,17,19)/t12-/m0/s1. The monoisotopic (exact) mass is 291 g/mol. The number of carbonyl (C=O) groups excluding carboxylic acids is 1. The summed E-state index contributed by atoms with van der Waals surface area (Å²) in [5.41, 5.74) is 0.688. The Labute approximate surface area is 121 Å². The topological polar surface area (TPSA) is 96.6 Å². The lowest BCUT2D eigenvalue weighted by molar-refractivity contribution is 0.175. The van der Waals surface area contributed by atoms with Gasteiger partial charge in [0.05, 0.1) is 13.2 Å². The first kappa shape index (κ1) is 14.9. The van der Waals surface area contributed by atoms with E-state index in [1.807, 2.05) is 0 Å². The Hall–Kier alpha value is -2.54. The Bertz CT molecular complexity index is 595. The van der Waals surface area contributed by atoms with Crippen molar-refractivity contribution in [2.75, 3.05) is 19.0 Å². The number of anilines is 1. The first-order valence-electron chi connectivity index (χ1n) is 6.38. The molecular weight excluding hydrogens is 274 g/mol. The third-order valence-electron chi connectivity index (χ3n) is 2.83. The smallest absolute Gasteiger partial charge is 0.320 e. The maximum Gasteiger partial charge on any atom is 0.320 e. The Morgan fingerprint density at radius 3 is 2.71 bits per heavy atom. The number of nitrogens with zero attached hydrogens (tertiary/aromatic N) is 1. The number of rotatable bonds is 5. The van der Waals surface area contributed by atoms with Crippen molar-refractivity contribution in [3.05, 3.63) is 41.7 Å². The number of aryl methyl sites for hydroxylation is 1. The van der Waals surface area contributed by atoms with Crippen molar-refractivity contribution < 1.29 is 19.2 Å². The van der Waals surface area contributed by atoms with E-state index in [2.05, 4.69) is 15.8 Å². The number of aromatic nitrogens is 1. The fourth-order valence-electron chi connectivity index (χ4n) is 1.72. The van der Waals surface area contributed by atoms with Gasteiger partial charge in [-0.3, -0.25) is 5.32 Å². The molecule has 0 unspecified atom stereocenters. The van der Waals surface area contributed by atoms with Gasteiger partial charge in [-0.15, -0.1) is 0 Å². The van der Waals surface area contributed by atoms with Crippen molar-refractivity contribution >= 4 is 11.8 Å². The largest absolute Gasteiger partial charge is 0.497 e. The highest BCUT2D eigenvalue weighted by Gasteiger charge is 2.11. The molecule has 0 aliphatic heterocycles. The van der Waals surface area contributed by atoms with Crippen LogP contribution in [0.5, 0.6) is 5.75 Å². The van der Waals surface area contributed by atoms with Crippen LogP contribution in [-0.2, 0) is 0 Å². The Kier molecular flexibility index (Phi) is 4.78. The third kappa shape index (κ3) is 4.22. The number of ether oxygens (including phenoxy) is 1. The molecule has 7 nitrogen and oxygen atoms in total. The second kappa shape index (κ2) is 6.76. The van der Waals surface area contributed by atoms with E-state index < -0.39 is 12.1 Å². The first-order valence-corrected chi connectivity index (χ1v) is 6.38. The van der Waals surface area contributed by atoms with Gasteiger partial charge >= 0.3 is 6.03 Å². The fourth-order valence-corrected chi connectivity index (χ4v) is 1.72. The van der Waals surface area contributed by atoms with Crippen LogP contribution in [0.4, 0.5) is 10.6 Å². The van der Waals surface area contributed by atoms with Gasteiger partial charge < -0.3 is 19.7 Å². The molecule has 2 rings (SSSR count). The van der Waals surface area contributed by atoms with E-state index in [0.29, 0.717) is 22.9 Å². The second-order valence-corrected chi connectivity index (χ2v) is 4.45. The minimum Gasteiger partial charge on any atom is -0.497 e. The number of nitrogens with one attached hydrogen (secondary N) is 2. The summed E-state index contributed by atoms with van der Waals surface area (Å²) < 4.78 is 9.87. The molecule has 1 heterocycles. The lowest BCUT2D eigenvalue weighted by atomic mass is 10.1. The Morgan fingerprint density at radius 2 is 2.14 bits per heavy atom. The minimum absolute atomic E-state index is 0.0784. The molecule has 2 amide bonds. The van der Waals surface area contributed by atoms with Gasteiger partial charge in [-0.1, -0.05) is 17.3 Å². The van der Waals surface area contributed by atoms with Crippen LogP contribution in [-0.4, -0.2) is 29.9 Å². The van der Waals surface area contributed by atoms with Crippen molar-refractivity contribution in [1.82, 2.24) is 10.5 Å². The number of carbonyl (C=O) groups is 1. The van der Waals surface area contributed by atoms with Gasteiger partial charge in [-0.2, -0.15) is 0 Å². The number of benzene rings is 1. The molecule has 0 spiro atoms. The molecule has 0 fully saturated rings. The molecule has 3 N–H and O–H groups in total. The molecule has 0 aliphatic rings. The van der Waals surface area contributed by atoms with Gasteiger partial charge in [0, 0.05) is 12.6 Å². The third-order valence-corrected chi connectivity index (χ3v) is 2.83. The predicted octanol–water partition coefficient (Wildman–Crippen LogP) is 1.85. The van der Waals surface area contributed by atoms with Crippen LogP contribution in [0.1, 0.15) is 17.4 Å².